The van der Waals surface area contributed by atoms with Crippen molar-refractivity contribution in [3.63, 3.8) is 0 Å². The zero-order valence-corrected chi connectivity index (χ0v) is 8.99. The Hall–Kier alpha value is -1.82. The minimum Gasteiger partial charge on any atom is -0.343 e. The van der Waals surface area contributed by atoms with E-state index < -0.39 is 11.6 Å². The van der Waals surface area contributed by atoms with Gasteiger partial charge in [-0.1, -0.05) is 5.16 Å². The van der Waals surface area contributed by atoms with Crippen LogP contribution in [0, 0.1) is 11.6 Å². The normalized spacial score (nSPS) is 10.7. The monoisotopic (exact) mass is 239 g/mol. The van der Waals surface area contributed by atoms with Gasteiger partial charge in [-0.2, -0.15) is 4.98 Å². The summed E-state index contributed by atoms with van der Waals surface area (Å²) in [6.45, 7) is 1.00. The molecule has 0 amide bonds. The van der Waals surface area contributed by atoms with Crippen LogP contribution in [0.15, 0.2) is 29.1 Å². The standard InChI is InChI=1S/C11H11F2N3O/c12-9-3-8(4-10(13)5-9)6-14-2-1-11-15-7-17-16-11/h3-5,7,14H,1-2,6H2. The van der Waals surface area contributed by atoms with E-state index in [1.54, 1.807) is 0 Å². The molecule has 0 radical (unpaired) electrons. The van der Waals surface area contributed by atoms with Crippen molar-refractivity contribution < 1.29 is 13.3 Å². The number of halogens is 2. The van der Waals surface area contributed by atoms with Gasteiger partial charge in [0.25, 0.3) is 0 Å². The lowest BCUT2D eigenvalue weighted by molar-refractivity contribution is 0.409. The molecule has 0 fully saturated rings. The lowest BCUT2D eigenvalue weighted by Gasteiger charge is -2.03. The van der Waals surface area contributed by atoms with Crippen LogP contribution in [0.3, 0.4) is 0 Å². The highest BCUT2D eigenvalue weighted by Crippen LogP contribution is 2.07. The van der Waals surface area contributed by atoms with Crippen LogP contribution in [0.2, 0.25) is 0 Å². The first-order valence-corrected chi connectivity index (χ1v) is 5.15. The Morgan fingerprint density at radius 1 is 1.18 bits per heavy atom. The van der Waals surface area contributed by atoms with Gasteiger partial charge < -0.3 is 9.84 Å². The van der Waals surface area contributed by atoms with Gasteiger partial charge in [0.2, 0.25) is 6.39 Å². The lowest BCUT2D eigenvalue weighted by Crippen LogP contribution is -2.17. The molecule has 90 valence electrons. The highest BCUT2D eigenvalue weighted by Gasteiger charge is 2.01. The molecule has 2 rings (SSSR count). The predicted molar refractivity (Wildman–Crippen MR) is 56.1 cm³/mol. The van der Waals surface area contributed by atoms with Crippen LogP contribution in [-0.4, -0.2) is 16.7 Å². The third-order valence-electron chi connectivity index (χ3n) is 2.18. The summed E-state index contributed by atoms with van der Waals surface area (Å²) in [5.41, 5.74) is 0.565. The summed E-state index contributed by atoms with van der Waals surface area (Å²) in [5, 5.41) is 6.68. The van der Waals surface area contributed by atoms with E-state index in [0.29, 0.717) is 30.9 Å². The van der Waals surface area contributed by atoms with E-state index in [2.05, 4.69) is 20.0 Å². The Bertz CT molecular complexity index is 453. The largest absolute Gasteiger partial charge is 0.343 e. The molecule has 0 spiro atoms. The number of hydrogen-bond donors (Lipinski definition) is 1. The summed E-state index contributed by atoms with van der Waals surface area (Å²) in [6, 6.07) is 3.44. The molecule has 1 aromatic carbocycles. The van der Waals surface area contributed by atoms with E-state index in [4.69, 9.17) is 0 Å². The van der Waals surface area contributed by atoms with Crippen LogP contribution in [0.1, 0.15) is 11.4 Å². The number of nitrogens with one attached hydrogen (secondary N) is 1. The number of nitrogens with zero attached hydrogens (tertiary/aromatic N) is 2. The SMILES string of the molecule is Fc1cc(F)cc(CNCCc2ncon2)c1. The summed E-state index contributed by atoms with van der Waals surface area (Å²) in [4.78, 5) is 3.85. The van der Waals surface area contributed by atoms with Crippen LogP contribution >= 0.6 is 0 Å². The second-order valence-corrected chi connectivity index (χ2v) is 3.55. The molecule has 1 heterocycles. The summed E-state index contributed by atoms with van der Waals surface area (Å²) in [5.74, 6) is -0.539. The van der Waals surface area contributed by atoms with Gasteiger partial charge in [-0.3, -0.25) is 0 Å². The predicted octanol–water partition coefficient (Wildman–Crippen LogP) is 1.68. The lowest BCUT2D eigenvalue weighted by atomic mass is 10.2. The van der Waals surface area contributed by atoms with E-state index in [9.17, 15) is 8.78 Å². The Morgan fingerprint density at radius 3 is 2.59 bits per heavy atom. The quantitative estimate of drug-likeness (QED) is 0.806. The maximum Gasteiger partial charge on any atom is 0.213 e. The highest BCUT2D eigenvalue weighted by atomic mass is 19.1. The van der Waals surface area contributed by atoms with Crippen molar-refractivity contribution in [2.75, 3.05) is 6.54 Å². The van der Waals surface area contributed by atoms with E-state index in [1.165, 1.54) is 18.5 Å². The molecule has 0 bridgehead atoms. The van der Waals surface area contributed by atoms with Gasteiger partial charge in [0, 0.05) is 25.6 Å². The van der Waals surface area contributed by atoms with E-state index in [0.717, 1.165) is 6.07 Å². The molecule has 17 heavy (non-hydrogen) atoms. The summed E-state index contributed by atoms with van der Waals surface area (Å²) in [7, 11) is 0. The van der Waals surface area contributed by atoms with Gasteiger partial charge in [0.15, 0.2) is 5.82 Å². The maximum atomic E-state index is 12.9. The zero-order chi connectivity index (χ0) is 12.1. The molecule has 1 N–H and O–H groups in total. The van der Waals surface area contributed by atoms with Crippen LogP contribution in [0.5, 0.6) is 0 Å². The van der Waals surface area contributed by atoms with Crippen LogP contribution in [-0.2, 0) is 13.0 Å². The third kappa shape index (κ3) is 3.60. The first-order chi connectivity index (χ1) is 8.24. The molecule has 0 saturated heterocycles. The van der Waals surface area contributed by atoms with E-state index in [1.807, 2.05) is 0 Å². The average Bonchev–Trinajstić information content (AvgIpc) is 2.76. The smallest absolute Gasteiger partial charge is 0.213 e. The molecule has 4 nitrogen and oxygen atoms in total. The number of rotatable bonds is 5. The fraction of sp³-hybridized carbons (Fsp3) is 0.273. The minimum absolute atomic E-state index is 0.395. The van der Waals surface area contributed by atoms with Crippen molar-refractivity contribution >= 4 is 0 Å². The summed E-state index contributed by atoms with van der Waals surface area (Å²) in [6.07, 6.45) is 1.87. The van der Waals surface area contributed by atoms with E-state index in [-0.39, 0.29) is 0 Å². The minimum atomic E-state index is -0.569. The summed E-state index contributed by atoms with van der Waals surface area (Å²) < 4.78 is 30.3. The van der Waals surface area contributed by atoms with Crippen molar-refractivity contribution in [2.45, 2.75) is 13.0 Å². The van der Waals surface area contributed by atoms with Crippen molar-refractivity contribution in [3.8, 4) is 0 Å². The number of aromatic nitrogens is 2. The van der Waals surface area contributed by atoms with Gasteiger partial charge in [-0.25, -0.2) is 8.78 Å². The summed E-state index contributed by atoms with van der Waals surface area (Å²) >= 11 is 0. The second kappa shape index (κ2) is 5.49. The first-order valence-electron chi connectivity index (χ1n) is 5.15. The molecular formula is C11H11F2N3O. The molecule has 0 aliphatic rings. The number of hydrogen-bond acceptors (Lipinski definition) is 4. The Labute approximate surface area is 96.6 Å². The van der Waals surface area contributed by atoms with Crippen LogP contribution in [0.4, 0.5) is 8.78 Å². The van der Waals surface area contributed by atoms with Crippen molar-refractivity contribution in [3.05, 3.63) is 47.6 Å². The Morgan fingerprint density at radius 2 is 1.94 bits per heavy atom. The van der Waals surface area contributed by atoms with Crippen molar-refractivity contribution in [1.29, 1.82) is 0 Å². The molecular weight excluding hydrogens is 228 g/mol. The zero-order valence-electron chi connectivity index (χ0n) is 8.99. The third-order valence-corrected chi connectivity index (χ3v) is 2.18. The molecule has 1 aromatic heterocycles. The average molecular weight is 239 g/mol. The van der Waals surface area contributed by atoms with Gasteiger partial charge in [-0.15, -0.1) is 0 Å². The molecule has 0 saturated carbocycles. The molecule has 0 unspecified atom stereocenters. The van der Waals surface area contributed by atoms with E-state index >= 15 is 0 Å². The fourth-order valence-electron chi connectivity index (χ4n) is 1.45. The van der Waals surface area contributed by atoms with Crippen molar-refractivity contribution in [2.24, 2.45) is 0 Å². The molecule has 2 aromatic rings. The molecule has 0 aliphatic carbocycles. The van der Waals surface area contributed by atoms with Crippen LogP contribution < -0.4 is 5.32 Å². The Balaban J connectivity index is 1.78. The first kappa shape index (κ1) is 11.7. The van der Waals surface area contributed by atoms with Crippen molar-refractivity contribution in [1.82, 2.24) is 15.5 Å². The fourth-order valence-corrected chi connectivity index (χ4v) is 1.45. The molecule has 0 atom stereocenters. The van der Waals surface area contributed by atoms with Gasteiger partial charge in [0.1, 0.15) is 11.6 Å². The number of benzene rings is 1. The maximum absolute atomic E-state index is 12.9. The second-order valence-electron chi connectivity index (χ2n) is 3.55. The highest BCUT2D eigenvalue weighted by molar-refractivity contribution is 5.17. The van der Waals surface area contributed by atoms with Crippen LogP contribution in [0.25, 0.3) is 0 Å². The topological polar surface area (TPSA) is 51.0 Å². The molecule has 6 heteroatoms. The van der Waals surface area contributed by atoms with Gasteiger partial charge in [-0.05, 0) is 17.7 Å². The molecule has 0 aliphatic heterocycles. The Kier molecular flexibility index (Phi) is 3.77. The van der Waals surface area contributed by atoms with Gasteiger partial charge >= 0.3 is 0 Å². The van der Waals surface area contributed by atoms with Gasteiger partial charge in [0.05, 0.1) is 0 Å².